The molecule has 5 nitrogen and oxygen atoms in total. The van der Waals surface area contributed by atoms with E-state index in [9.17, 15) is 9.59 Å². The van der Waals surface area contributed by atoms with Crippen LogP contribution < -0.4 is 5.32 Å². The van der Waals surface area contributed by atoms with Crippen LogP contribution in [0, 0.1) is 0 Å². The molecule has 0 unspecified atom stereocenters. The van der Waals surface area contributed by atoms with E-state index in [0.717, 1.165) is 30.8 Å². The molecule has 0 atom stereocenters. The van der Waals surface area contributed by atoms with E-state index < -0.39 is 0 Å². The van der Waals surface area contributed by atoms with Crippen LogP contribution in [-0.2, 0) is 17.6 Å². The predicted octanol–water partition coefficient (Wildman–Crippen LogP) is 1.91. The summed E-state index contributed by atoms with van der Waals surface area (Å²) in [6, 6.07) is 2.14. The van der Waals surface area contributed by atoms with E-state index in [4.69, 9.17) is 0 Å². The molecule has 1 N–H and O–H groups in total. The Morgan fingerprint density at radius 1 is 1.08 bits per heavy atom. The lowest BCUT2D eigenvalue weighted by molar-refractivity contribution is -0.122. The molecule has 2 heterocycles. The number of amides is 2. The van der Waals surface area contributed by atoms with Crippen molar-refractivity contribution in [1.29, 1.82) is 0 Å². The number of nitrogens with one attached hydrogen (secondary N) is 1. The van der Waals surface area contributed by atoms with E-state index >= 15 is 0 Å². The third-order valence-corrected chi connectivity index (χ3v) is 6.24. The number of carbonyl (C=O) groups excluding carboxylic acids is 2. The zero-order valence-corrected chi connectivity index (χ0v) is 15.3. The number of thiophene rings is 1. The normalized spacial score (nSPS) is 19.3. The second-order valence-electron chi connectivity index (χ2n) is 6.71. The lowest BCUT2D eigenvalue weighted by atomic mass is 10.00. The minimum atomic E-state index is 0.0350. The maximum atomic E-state index is 12.8. The minimum absolute atomic E-state index is 0.0350. The summed E-state index contributed by atoms with van der Waals surface area (Å²) in [4.78, 5) is 30.6. The fourth-order valence-electron chi connectivity index (χ4n) is 3.50. The van der Waals surface area contributed by atoms with Gasteiger partial charge in [-0.05, 0) is 37.3 Å². The van der Waals surface area contributed by atoms with Crippen LogP contribution in [0.3, 0.4) is 0 Å². The second kappa shape index (κ2) is 8.12. The summed E-state index contributed by atoms with van der Waals surface area (Å²) in [7, 11) is 1.66. The minimum Gasteiger partial charge on any atom is -0.358 e. The van der Waals surface area contributed by atoms with Gasteiger partial charge in [-0.1, -0.05) is 12.8 Å². The van der Waals surface area contributed by atoms with Crippen molar-refractivity contribution in [3.8, 4) is 0 Å². The molecule has 1 fully saturated rings. The molecule has 2 aliphatic rings. The van der Waals surface area contributed by atoms with Gasteiger partial charge in [-0.2, -0.15) is 0 Å². The summed E-state index contributed by atoms with van der Waals surface area (Å²) >= 11 is 1.71. The molecule has 24 heavy (non-hydrogen) atoms. The van der Waals surface area contributed by atoms with Crippen molar-refractivity contribution < 1.29 is 9.59 Å². The summed E-state index contributed by atoms with van der Waals surface area (Å²) in [5, 5.41) is 2.65. The Morgan fingerprint density at radius 3 is 2.50 bits per heavy atom. The quantitative estimate of drug-likeness (QED) is 0.907. The molecule has 0 bridgehead atoms. The average molecular weight is 350 g/mol. The van der Waals surface area contributed by atoms with Crippen molar-refractivity contribution in [2.75, 3.05) is 39.8 Å². The Bertz CT molecular complexity index is 566. The van der Waals surface area contributed by atoms with Crippen molar-refractivity contribution >= 4 is 23.2 Å². The molecular weight excluding hydrogens is 322 g/mol. The lowest BCUT2D eigenvalue weighted by Gasteiger charge is -2.34. The Morgan fingerprint density at radius 2 is 1.79 bits per heavy atom. The Kier molecular flexibility index (Phi) is 5.89. The average Bonchev–Trinajstić information content (AvgIpc) is 2.97. The van der Waals surface area contributed by atoms with E-state index in [0.29, 0.717) is 19.6 Å². The summed E-state index contributed by atoms with van der Waals surface area (Å²) in [5.74, 6) is 0.208. The van der Waals surface area contributed by atoms with Crippen LogP contribution in [0.25, 0.3) is 0 Å². The first-order valence-corrected chi connectivity index (χ1v) is 9.83. The summed E-state index contributed by atoms with van der Waals surface area (Å²) in [5.41, 5.74) is 1.40. The third-order valence-electron chi connectivity index (χ3n) is 5.01. The van der Waals surface area contributed by atoms with Crippen molar-refractivity contribution in [1.82, 2.24) is 15.1 Å². The molecule has 0 spiro atoms. The zero-order valence-electron chi connectivity index (χ0n) is 14.5. The number of rotatable bonds is 3. The van der Waals surface area contributed by atoms with Gasteiger partial charge in [0.2, 0.25) is 5.91 Å². The topological polar surface area (TPSA) is 52.7 Å². The van der Waals surface area contributed by atoms with Gasteiger partial charge in [-0.3, -0.25) is 14.5 Å². The van der Waals surface area contributed by atoms with E-state index in [-0.39, 0.29) is 11.8 Å². The monoisotopic (exact) mass is 349 g/mol. The molecule has 0 saturated carbocycles. The lowest BCUT2D eigenvalue weighted by Crippen LogP contribution is -2.50. The van der Waals surface area contributed by atoms with Gasteiger partial charge in [-0.15, -0.1) is 11.3 Å². The maximum Gasteiger partial charge on any atom is 0.264 e. The molecule has 132 valence electrons. The standard InChI is InChI=1S/C18H27N3O2S/c1-19-17(22)13-20-8-10-21(11-9-20)18(23)16-12-14-6-4-2-3-5-7-15(14)24-16/h12H,2-11,13H2,1H3,(H,19,22). The fraction of sp³-hybridized carbons (Fsp3) is 0.667. The molecule has 1 saturated heterocycles. The summed E-state index contributed by atoms with van der Waals surface area (Å²) < 4.78 is 0. The van der Waals surface area contributed by atoms with Crippen molar-refractivity contribution in [3.05, 3.63) is 21.4 Å². The molecular formula is C18H27N3O2S. The predicted molar refractivity (Wildman–Crippen MR) is 96.6 cm³/mol. The highest BCUT2D eigenvalue weighted by atomic mass is 32.1. The molecule has 1 aliphatic heterocycles. The van der Waals surface area contributed by atoms with Crippen LogP contribution in [0.1, 0.15) is 45.8 Å². The molecule has 3 rings (SSSR count). The molecule has 2 amide bonds. The zero-order chi connectivity index (χ0) is 16.9. The van der Waals surface area contributed by atoms with Crippen LogP contribution in [-0.4, -0.2) is 61.4 Å². The van der Waals surface area contributed by atoms with Crippen LogP contribution in [0.4, 0.5) is 0 Å². The third kappa shape index (κ3) is 4.16. The smallest absolute Gasteiger partial charge is 0.264 e. The van der Waals surface area contributed by atoms with Gasteiger partial charge >= 0.3 is 0 Å². The van der Waals surface area contributed by atoms with Crippen LogP contribution in [0.2, 0.25) is 0 Å². The van der Waals surface area contributed by atoms with Crippen molar-refractivity contribution in [2.24, 2.45) is 0 Å². The van der Waals surface area contributed by atoms with Gasteiger partial charge in [0.25, 0.3) is 5.91 Å². The number of hydrogen-bond acceptors (Lipinski definition) is 4. The highest BCUT2D eigenvalue weighted by molar-refractivity contribution is 7.14. The number of hydrogen-bond donors (Lipinski definition) is 1. The summed E-state index contributed by atoms with van der Waals surface area (Å²) in [6.45, 7) is 3.37. The molecule has 1 aromatic heterocycles. The van der Waals surface area contributed by atoms with Gasteiger partial charge in [0.05, 0.1) is 11.4 Å². The summed E-state index contributed by atoms with van der Waals surface area (Å²) in [6.07, 6.45) is 7.38. The Hall–Kier alpha value is -1.40. The van der Waals surface area contributed by atoms with E-state index in [1.807, 2.05) is 4.90 Å². The van der Waals surface area contributed by atoms with Gasteiger partial charge in [-0.25, -0.2) is 0 Å². The first kappa shape index (κ1) is 17.4. The number of piperazine rings is 1. The largest absolute Gasteiger partial charge is 0.358 e. The first-order chi connectivity index (χ1) is 11.7. The van der Waals surface area contributed by atoms with Gasteiger partial charge in [0.1, 0.15) is 0 Å². The van der Waals surface area contributed by atoms with Gasteiger partial charge < -0.3 is 10.2 Å². The Balaban J connectivity index is 1.59. The maximum absolute atomic E-state index is 12.8. The number of likely N-dealkylation sites (N-methyl/N-ethyl adjacent to an activating group) is 1. The van der Waals surface area contributed by atoms with E-state index in [2.05, 4.69) is 16.3 Å². The number of nitrogens with zero attached hydrogens (tertiary/aromatic N) is 2. The van der Waals surface area contributed by atoms with Crippen LogP contribution in [0.5, 0.6) is 0 Å². The highest BCUT2D eigenvalue weighted by Crippen LogP contribution is 2.29. The van der Waals surface area contributed by atoms with Crippen LogP contribution >= 0.6 is 11.3 Å². The van der Waals surface area contributed by atoms with Crippen LogP contribution in [0.15, 0.2) is 6.07 Å². The number of aryl methyl sites for hydroxylation is 2. The van der Waals surface area contributed by atoms with Crippen molar-refractivity contribution in [3.63, 3.8) is 0 Å². The van der Waals surface area contributed by atoms with E-state index in [1.165, 1.54) is 36.1 Å². The molecule has 0 radical (unpaired) electrons. The molecule has 6 heteroatoms. The number of fused-ring (bicyclic) bond motifs is 1. The number of carbonyl (C=O) groups is 2. The van der Waals surface area contributed by atoms with E-state index in [1.54, 1.807) is 18.4 Å². The molecule has 1 aliphatic carbocycles. The molecule has 1 aromatic rings. The SMILES string of the molecule is CNC(=O)CN1CCN(C(=O)c2cc3c(s2)CCCCCC3)CC1. The fourth-order valence-corrected chi connectivity index (χ4v) is 4.72. The second-order valence-corrected chi connectivity index (χ2v) is 7.85. The van der Waals surface area contributed by atoms with Crippen molar-refractivity contribution in [2.45, 2.75) is 38.5 Å². The molecule has 0 aromatic carbocycles. The van der Waals surface area contributed by atoms with Gasteiger partial charge in [0, 0.05) is 38.1 Å². The Labute approximate surface area is 148 Å². The first-order valence-electron chi connectivity index (χ1n) is 9.01. The highest BCUT2D eigenvalue weighted by Gasteiger charge is 2.25. The van der Waals surface area contributed by atoms with Gasteiger partial charge in [0.15, 0.2) is 0 Å².